The van der Waals surface area contributed by atoms with Gasteiger partial charge in [0.05, 0.1) is 25.5 Å². The van der Waals surface area contributed by atoms with Crippen molar-refractivity contribution in [1.29, 1.82) is 0 Å². The van der Waals surface area contributed by atoms with Gasteiger partial charge in [0.15, 0.2) is 0 Å². The molecule has 8 heteroatoms. The summed E-state index contributed by atoms with van der Waals surface area (Å²) in [5, 5.41) is 5.22. The molecule has 4 rings (SSSR count). The molecule has 1 aliphatic rings. The SMILES string of the molecule is COC(=O)N1CCC(n2cc(-c3cncc(OCc4ccccc4Cl)c3)cn2)CC1. The topological polar surface area (TPSA) is 69.5 Å². The number of pyridine rings is 1. The van der Waals surface area contributed by atoms with E-state index in [4.69, 9.17) is 21.1 Å². The minimum absolute atomic E-state index is 0.257. The van der Waals surface area contributed by atoms with Gasteiger partial charge in [-0.1, -0.05) is 29.8 Å². The second-order valence-electron chi connectivity index (χ2n) is 7.19. The van der Waals surface area contributed by atoms with E-state index >= 15 is 0 Å². The third-order valence-electron chi connectivity index (χ3n) is 5.27. The first kappa shape index (κ1) is 20.2. The number of carbonyl (C=O) groups excluding carboxylic acids is 1. The molecular formula is C22H23ClN4O3. The zero-order chi connectivity index (χ0) is 20.9. The lowest BCUT2D eigenvalue weighted by Gasteiger charge is -2.30. The van der Waals surface area contributed by atoms with Crippen LogP contribution in [0.3, 0.4) is 0 Å². The van der Waals surface area contributed by atoms with Crippen molar-refractivity contribution in [2.45, 2.75) is 25.5 Å². The van der Waals surface area contributed by atoms with Crippen molar-refractivity contribution >= 4 is 17.7 Å². The number of nitrogens with zero attached hydrogens (tertiary/aromatic N) is 4. The van der Waals surface area contributed by atoms with Gasteiger partial charge < -0.3 is 14.4 Å². The number of benzene rings is 1. The molecule has 1 fully saturated rings. The second-order valence-corrected chi connectivity index (χ2v) is 7.59. The summed E-state index contributed by atoms with van der Waals surface area (Å²) in [6.07, 6.45) is 8.76. The minimum Gasteiger partial charge on any atom is -0.487 e. The average molecular weight is 427 g/mol. The highest BCUT2D eigenvalue weighted by molar-refractivity contribution is 6.31. The van der Waals surface area contributed by atoms with Gasteiger partial charge in [0, 0.05) is 47.2 Å². The van der Waals surface area contributed by atoms with Gasteiger partial charge in [-0.05, 0) is 25.0 Å². The molecule has 1 saturated heterocycles. The third kappa shape index (κ3) is 4.57. The molecule has 0 bridgehead atoms. The molecule has 30 heavy (non-hydrogen) atoms. The maximum Gasteiger partial charge on any atom is 0.409 e. The van der Waals surface area contributed by atoms with Crippen LogP contribution in [0.25, 0.3) is 11.1 Å². The van der Waals surface area contributed by atoms with Crippen molar-refractivity contribution in [2.75, 3.05) is 20.2 Å². The van der Waals surface area contributed by atoms with E-state index in [-0.39, 0.29) is 12.1 Å². The Morgan fingerprint density at radius 1 is 1.17 bits per heavy atom. The van der Waals surface area contributed by atoms with Gasteiger partial charge in [0.1, 0.15) is 12.4 Å². The average Bonchev–Trinajstić information content (AvgIpc) is 3.29. The highest BCUT2D eigenvalue weighted by Crippen LogP contribution is 2.27. The van der Waals surface area contributed by atoms with Gasteiger partial charge >= 0.3 is 6.09 Å². The molecule has 0 atom stereocenters. The zero-order valence-corrected chi connectivity index (χ0v) is 17.5. The van der Waals surface area contributed by atoms with Crippen molar-refractivity contribution in [2.24, 2.45) is 0 Å². The molecule has 0 spiro atoms. The number of halogens is 1. The Morgan fingerprint density at radius 2 is 1.97 bits per heavy atom. The van der Waals surface area contributed by atoms with Gasteiger partial charge in [-0.15, -0.1) is 0 Å². The molecule has 1 aliphatic heterocycles. The Morgan fingerprint density at radius 3 is 2.73 bits per heavy atom. The van der Waals surface area contributed by atoms with Gasteiger partial charge in [-0.3, -0.25) is 9.67 Å². The van der Waals surface area contributed by atoms with Crippen LogP contribution in [0.4, 0.5) is 4.79 Å². The number of rotatable bonds is 5. The lowest BCUT2D eigenvalue weighted by atomic mass is 10.1. The van der Waals surface area contributed by atoms with Crippen molar-refractivity contribution in [3.05, 3.63) is 65.7 Å². The summed E-state index contributed by atoms with van der Waals surface area (Å²) >= 11 is 6.19. The number of amides is 1. The molecule has 0 radical (unpaired) electrons. The summed E-state index contributed by atoms with van der Waals surface area (Å²) in [6.45, 7) is 1.71. The standard InChI is InChI=1S/C22H23ClN4O3/c1-29-22(28)26-8-6-19(7-9-26)27-14-18(12-25-27)17-10-20(13-24-11-17)30-15-16-4-2-3-5-21(16)23/h2-5,10-14,19H,6-9,15H2,1H3. The smallest absolute Gasteiger partial charge is 0.409 e. The predicted octanol–water partition coefficient (Wildman–Crippen LogP) is 4.58. The lowest BCUT2D eigenvalue weighted by molar-refractivity contribution is 0.105. The Labute approximate surface area is 180 Å². The molecule has 1 amide bonds. The van der Waals surface area contributed by atoms with Crippen LogP contribution in [0.2, 0.25) is 5.02 Å². The highest BCUT2D eigenvalue weighted by atomic mass is 35.5. The fourth-order valence-corrected chi connectivity index (χ4v) is 3.75. The van der Waals surface area contributed by atoms with Crippen LogP contribution in [0, 0.1) is 0 Å². The predicted molar refractivity (Wildman–Crippen MR) is 113 cm³/mol. The molecule has 156 valence electrons. The number of piperidine rings is 1. The maximum absolute atomic E-state index is 11.6. The van der Waals surface area contributed by atoms with Crippen LogP contribution in [0.15, 0.2) is 55.1 Å². The first-order valence-corrected chi connectivity index (χ1v) is 10.2. The Bertz CT molecular complexity index is 1010. The third-order valence-corrected chi connectivity index (χ3v) is 5.64. The van der Waals surface area contributed by atoms with Gasteiger partial charge in [0.2, 0.25) is 0 Å². The van der Waals surface area contributed by atoms with E-state index < -0.39 is 0 Å². The molecule has 3 aromatic rings. The fourth-order valence-electron chi connectivity index (χ4n) is 3.56. The molecule has 0 N–H and O–H groups in total. The summed E-state index contributed by atoms with van der Waals surface area (Å²) in [6, 6.07) is 9.82. The van der Waals surface area contributed by atoms with Gasteiger partial charge in [-0.2, -0.15) is 5.10 Å². The molecule has 0 aliphatic carbocycles. The summed E-state index contributed by atoms with van der Waals surface area (Å²) in [4.78, 5) is 17.7. The normalized spacial score (nSPS) is 14.5. The van der Waals surface area contributed by atoms with Crippen LogP contribution in [0.5, 0.6) is 5.75 Å². The number of hydrogen-bond donors (Lipinski definition) is 0. The maximum atomic E-state index is 11.6. The van der Waals surface area contributed by atoms with E-state index in [9.17, 15) is 4.79 Å². The van der Waals surface area contributed by atoms with Crippen LogP contribution >= 0.6 is 11.6 Å². The molecule has 3 heterocycles. The van der Waals surface area contributed by atoms with Crippen molar-refractivity contribution < 1.29 is 14.3 Å². The highest BCUT2D eigenvalue weighted by Gasteiger charge is 2.24. The van der Waals surface area contributed by atoms with Crippen molar-refractivity contribution in [1.82, 2.24) is 19.7 Å². The largest absolute Gasteiger partial charge is 0.487 e. The minimum atomic E-state index is -0.269. The van der Waals surface area contributed by atoms with E-state index in [0.717, 1.165) is 29.5 Å². The molecule has 7 nitrogen and oxygen atoms in total. The van der Waals surface area contributed by atoms with Crippen molar-refractivity contribution in [3.63, 3.8) is 0 Å². The van der Waals surface area contributed by atoms with Gasteiger partial charge in [-0.25, -0.2) is 4.79 Å². The number of likely N-dealkylation sites (tertiary alicyclic amines) is 1. The Balaban J connectivity index is 1.41. The summed E-state index contributed by atoms with van der Waals surface area (Å²) in [5.74, 6) is 0.673. The molecular weight excluding hydrogens is 404 g/mol. The quantitative estimate of drug-likeness (QED) is 0.597. The molecule has 0 unspecified atom stereocenters. The van der Waals surface area contributed by atoms with E-state index in [0.29, 0.717) is 30.5 Å². The van der Waals surface area contributed by atoms with E-state index in [1.165, 1.54) is 7.11 Å². The number of aromatic nitrogens is 3. The van der Waals surface area contributed by atoms with Crippen molar-refractivity contribution in [3.8, 4) is 16.9 Å². The van der Waals surface area contributed by atoms with E-state index in [1.54, 1.807) is 17.3 Å². The summed E-state index contributed by atoms with van der Waals surface area (Å²) in [7, 11) is 1.41. The Hall–Kier alpha value is -3.06. The second kappa shape index (κ2) is 9.17. The first-order valence-electron chi connectivity index (χ1n) is 9.82. The van der Waals surface area contributed by atoms with Gasteiger partial charge in [0.25, 0.3) is 0 Å². The lowest BCUT2D eigenvalue weighted by Crippen LogP contribution is -2.39. The van der Waals surface area contributed by atoms with Crippen LogP contribution in [0.1, 0.15) is 24.4 Å². The van der Waals surface area contributed by atoms with Crippen LogP contribution in [-0.2, 0) is 11.3 Å². The number of carbonyl (C=O) groups is 1. The summed E-state index contributed by atoms with van der Waals surface area (Å²) in [5.41, 5.74) is 2.83. The number of hydrogen-bond acceptors (Lipinski definition) is 5. The molecule has 2 aromatic heterocycles. The number of methoxy groups -OCH3 is 1. The van der Waals surface area contributed by atoms with Crippen LogP contribution < -0.4 is 4.74 Å². The first-order chi connectivity index (χ1) is 14.6. The monoisotopic (exact) mass is 426 g/mol. The Kier molecular flexibility index (Phi) is 6.18. The zero-order valence-electron chi connectivity index (χ0n) is 16.7. The molecule has 1 aromatic carbocycles. The van der Waals surface area contributed by atoms with E-state index in [2.05, 4.69) is 10.1 Å². The van der Waals surface area contributed by atoms with E-state index in [1.807, 2.05) is 47.4 Å². The number of ether oxygens (including phenoxy) is 2. The van der Waals surface area contributed by atoms with Crippen LogP contribution in [-0.4, -0.2) is 46.0 Å². The molecule has 0 saturated carbocycles. The summed E-state index contributed by atoms with van der Waals surface area (Å²) < 4.78 is 12.6. The fraction of sp³-hybridized carbons (Fsp3) is 0.318.